The average Bonchev–Trinajstić information content (AvgIpc) is 0.899. The summed E-state index contributed by atoms with van der Waals surface area (Å²) in [5.74, 6) is 5.71. The van der Waals surface area contributed by atoms with E-state index >= 15 is 0 Å². The minimum absolute atomic E-state index is 0.235. The predicted molar refractivity (Wildman–Crippen MR) is 490 cm³/mol. The summed E-state index contributed by atoms with van der Waals surface area (Å²) < 4.78 is 45.4. The lowest BCUT2D eigenvalue weighted by molar-refractivity contribution is -0.119. The van der Waals surface area contributed by atoms with Gasteiger partial charge in [-0.15, -0.1) is 0 Å². The van der Waals surface area contributed by atoms with E-state index in [0.29, 0.717) is 52.5 Å². The summed E-state index contributed by atoms with van der Waals surface area (Å²) in [6.45, 7) is 25.0. The van der Waals surface area contributed by atoms with Crippen molar-refractivity contribution in [1.82, 2.24) is 0 Å². The number of Topliss-reactive ketones (excluding diaryl/α,β-unsaturated/α-hetero) is 1. The van der Waals surface area contributed by atoms with Gasteiger partial charge in [-0.3, -0.25) is 4.79 Å². The van der Waals surface area contributed by atoms with Gasteiger partial charge in [-0.25, -0.2) is 0 Å². The molecular weight excluding hydrogens is 1490 g/mol. The van der Waals surface area contributed by atoms with E-state index in [0.717, 1.165) is 173 Å². The Morgan fingerprint density at radius 1 is 0.303 bits per heavy atom. The summed E-state index contributed by atoms with van der Waals surface area (Å²) in [7, 11) is 0. The number of carbonyl (C=O) groups is 1. The molecule has 0 aliphatic heterocycles. The zero-order chi connectivity index (χ0) is 85.8. The van der Waals surface area contributed by atoms with Gasteiger partial charge in [0.25, 0.3) is 0 Å². The SMILES string of the molecule is CCCC(O)c1cccc(OCCCC(=O)CC)c1.CCCC(O)c1cccc(OCCOCc2ccccc2)c1.CCCCc1cccc(OCC(O)C(C)C)c1.CCCCc1cccc(OCC(O)c2ccccc2)c1.CCCCc1cccc(OCCCCCO)c1.CCCCc1cccc(OCCCCCOCc2ccccc2)c1. The number of unbranched alkanes of at least 4 members (excludes halogenated alkanes) is 8. The van der Waals surface area contributed by atoms with Crippen LogP contribution in [0.5, 0.6) is 34.5 Å². The summed E-state index contributed by atoms with van der Waals surface area (Å²) in [5, 5.41) is 48.3. The van der Waals surface area contributed by atoms with E-state index in [1.54, 1.807) is 0 Å². The van der Waals surface area contributed by atoms with Gasteiger partial charge in [0.05, 0.1) is 58.0 Å². The molecule has 9 aromatic rings. The highest BCUT2D eigenvalue weighted by atomic mass is 16.5. The number of aliphatic hydroxyl groups is 5. The normalized spacial score (nSPS) is 11.7. The van der Waals surface area contributed by atoms with Crippen molar-refractivity contribution in [2.24, 2.45) is 5.92 Å². The van der Waals surface area contributed by atoms with E-state index in [1.165, 1.54) is 79.2 Å². The molecule has 652 valence electrons. The smallest absolute Gasteiger partial charge is 0.132 e. The molecule has 14 heteroatoms. The topological polar surface area (TPSA) is 192 Å². The van der Waals surface area contributed by atoms with E-state index in [2.05, 4.69) is 113 Å². The third kappa shape index (κ3) is 50.1. The van der Waals surface area contributed by atoms with Crippen LogP contribution in [0, 0.1) is 5.92 Å². The first kappa shape index (κ1) is 103. The molecule has 0 amide bonds. The van der Waals surface area contributed by atoms with Crippen LogP contribution in [-0.4, -0.2) is 96.9 Å². The van der Waals surface area contributed by atoms with Crippen LogP contribution in [0.15, 0.2) is 237 Å². The Hall–Kier alpha value is -8.83. The van der Waals surface area contributed by atoms with Crippen LogP contribution in [0.25, 0.3) is 0 Å². The quantitative estimate of drug-likeness (QED) is 0.0226. The summed E-state index contributed by atoms with van der Waals surface area (Å²) in [6.07, 6.45) is 24.0. The Labute approximate surface area is 717 Å². The van der Waals surface area contributed by atoms with Gasteiger partial charge in [0.15, 0.2) is 0 Å². The maximum atomic E-state index is 11.1. The Morgan fingerprint density at radius 2 is 0.639 bits per heavy atom. The predicted octanol–water partition coefficient (Wildman–Crippen LogP) is 24.7. The Kier molecular flexibility index (Phi) is 58.5. The maximum Gasteiger partial charge on any atom is 0.132 e. The van der Waals surface area contributed by atoms with E-state index in [4.69, 9.17) is 43.0 Å². The summed E-state index contributed by atoms with van der Waals surface area (Å²) in [6, 6.07) is 78.4. The van der Waals surface area contributed by atoms with Crippen molar-refractivity contribution in [1.29, 1.82) is 0 Å². The van der Waals surface area contributed by atoms with Gasteiger partial charge >= 0.3 is 0 Å². The molecule has 0 saturated heterocycles. The molecule has 9 aromatic carbocycles. The second kappa shape index (κ2) is 67.9. The second-order valence-corrected chi connectivity index (χ2v) is 30.4. The largest absolute Gasteiger partial charge is 0.494 e. The molecule has 0 fully saturated rings. The molecule has 0 heterocycles. The first-order valence-electron chi connectivity index (χ1n) is 44.6. The monoisotopic (exact) mass is 1630 g/mol. The highest BCUT2D eigenvalue weighted by molar-refractivity contribution is 5.77. The van der Waals surface area contributed by atoms with Crippen LogP contribution >= 0.6 is 0 Å². The number of rotatable bonds is 53. The molecule has 4 unspecified atom stereocenters. The van der Waals surface area contributed by atoms with Crippen molar-refractivity contribution >= 4 is 5.78 Å². The summed E-state index contributed by atoms with van der Waals surface area (Å²) >= 11 is 0. The van der Waals surface area contributed by atoms with Crippen LogP contribution in [-0.2, 0) is 53.2 Å². The Morgan fingerprint density at radius 3 is 1.03 bits per heavy atom. The van der Waals surface area contributed by atoms with Crippen molar-refractivity contribution in [3.05, 3.63) is 287 Å². The van der Waals surface area contributed by atoms with Crippen molar-refractivity contribution < 1.29 is 68.2 Å². The molecular formula is C105H148O14. The van der Waals surface area contributed by atoms with Crippen LogP contribution in [0.1, 0.15) is 266 Å². The highest BCUT2D eigenvalue weighted by Crippen LogP contribution is 2.26. The van der Waals surface area contributed by atoms with Gasteiger partial charge < -0.3 is 63.4 Å². The highest BCUT2D eigenvalue weighted by Gasteiger charge is 2.13. The fraction of sp³-hybridized carbons (Fsp3) is 0.476. The minimum Gasteiger partial charge on any atom is -0.494 e. The zero-order valence-corrected chi connectivity index (χ0v) is 73.8. The van der Waals surface area contributed by atoms with Gasteiger partial charge in [0.2, 0.25) is 0 Å². The number of ketones is 1. The zero-order valence-electron chi connectivity index (χ0n) is 73.8. The molecule has 5 N–H and O–H groups in total. The van der Waals surface area contributed by atoms with Crippen LogP contribution in [0.4, 0.5) is 0 Å². The molecule has 4 atom stereocenters. The third-order valence-corrected chi connectivity index (χ3v) is 19.5. The Balaban J connectivity index is 0.000000302. The van der Waals surface area contributed by atoms with E-state index in [1.807, 2.05) is 185 Å². The molecule has 0 radical (unpaired) electrons. The van der Waals surface area contributed by atoms with Gasteiger partial charge in [0, 0.05) is 26.1 Å². The van der Waals surface area contributed by atoms with Crippen molar-refractivity contribution in [2.75, 3.05) is 59.5 Å². The van der Waals surface area contributed by atoms with Crippen molar-refractivity contribution in [2.45, 2.75) is 260 Å². The van der Waals surface area contributed by atoms with Crippen LogP contribution in [0.2, 0.25) is 0 Å². The summed E-state index contributed by atoms with van der Waals surface area (Å²) in [5.41, 5.74) is 10.4. The van der Waals surface area contributed by atoms with Gasteiger partial charge in [-0.05, 0) is 238 Å². The first-order valence-corrected chi connectivity index (χ1v) is 44.6. The number of hydrogen-bond acceptors (Lipinski definition) is 14. The minimum atomic E-state index is -0.588. The molecule has 0 bridgehead atoms. The first-order chi connectivity index (χ1) is 58.1. The van der Waals surface area contributed by atoms with E-state index in [-0.39, 0.29) is 24.9 Å². The third-order valence-electron chi connectivity index (χ3n) is 19.5. The van der Waals surface area contributed by atoms with Crippen LogP contribution in [0.3, 0.4) is 0 Å². The number of ether oxygens (including phenoxy) is 8. The number of carbonyl (C=O) groups excluding carboxylic acids is 1. The lowest BCUT2D eigenvalue weighted by Gasteiger charge is -2.15. The molecule has 14 nitrogen and oxygen atoms in total. The van der Waals surface area contributed by atoms with Gasteiger partial charge in [-0.2, -0.15) is 0 Å². The molecule has 0 aromatic heterocycles. The number of aliphatic hydroxyl groups excluding tert-OH is 5. The molecule has 0 aliphatic rings. The number of hydrogen-bond donors (Lipinski definition) is 5. The molecule has 0 aliphatic carbocycles. The van der Waals surface area contributed by atoms with Crippen molar-refractivity contribution in [3.8, 4) is 34.5 Å². The Bertz CT molecular complexity index is 3890. The lowest BCUT2D eigenvalue weighted by Crippen LogP contribution is -2.23. The fourth-order valence-corrected chi connectivity index (χ4v) is 12.1. The molecule has 9 rings (SSSR count). The second-order valence-electron chi connectivity index (χ2n) is 30.4. The maximum absolute atomic E-state index is 11.1. The van der Waals surface area contributed by atoms with E-state index in [9.17, 15) is 25.2 Å². The lowest BCUT2D eigenvalue weighted by atomic mass is 10.1. The van der Waals surface area contributed by atoms with Crippen molar-refractivity contribution in [3.63, 3.8) is 0 Å². The average molecular weight is 1630 g/mol. The number of benzene rings is 9. The molecule has 119 heavy (non-hydrogen) atoms. The van der Waals surface area contributed by atoms with Crippen LogP contribution < -0.4 is 28.4 Å². The van der Waals surface area contributed by atoms with Gasteiger partial charge in [-0.1, -0.05) is 265 Å². The number of aryl methyl sites for hydroxylation is 4. The molecule has 0 saturated carbocycles. The standard InChI is InChI=1S/C22H30O2.C19H24O3.C18H22O2.C16H24O3.2C15H24O2/c1-2-3-11-20-14-10-15-22(18-20)24-17-9-5-8-16-23-19-21-12-6-4-7-13-21;1-2-7-19(20)17-10-6-11-18(14-17)22-13-12-21-15-16-8-4-3-5-9-16;1-2-3-8-15-9-7-12-17(13-15)20-14-18(19)16-10-5-4-6-11-16;1-3-7-16(18)13-8-5-10-15(12-13)19-11-6-9-14(17)4-2;1-4-5-7-13-8-6-9-14(10-13)17-11-15(16)12(2)3;1-2-3-8-14-9-7-10-15(13-14)17-12-6-4-5-11-16/h4,6-7,10,12-15,18H,2-3,5,8-9,11,16-17,19H2,1H3;3-6,8-11,14,19-20H,2,7,12-13,15H2,1H3;4-7,9-13,18-19H,2-3,8,14H2,1H3;5,8,10,12,16,18H,3-4,6-7,9,11H2,1-2H3;6,8-10,12,15-16H,4-5,7,11H2,1-3H3;7,9-10,13,16H,2-6,8,11-12H2,1H3. The fourth-order valence-electron chi connectivity index (χ4n) is 12.1. The molecule has 0 spiro atoms. The van der Waals surface area contributed by atoms with Gasteiger partial charge in [0.1, 0.15) is 66.2 Å². The van der Waals surface area contributed by atoms with E-state index < -0.39 is 24.4 Å². The summed E-state index contributed by atoms with van der Waals surface area (Å²) in [4.78, 5) is 11.1.